The van der Waals surface area contributed by atoms with Gasteiger partial charge in [0.05, 0.1) is 10.4 Å². The van der Waals surface area contributed by atoms with E-state index >= 15 is 0 Å². The highest BCUT2D eigenvalue weighted by Crippen LogP contribution is 2.31. The van der Waals surface area contributed by atoms with Gasteiger partial charge in [-0.3, -0.25) is 9.78 Å². The number of carbonyl (C=O) groups is 1. The second-order valence-electron chi connectivity index (χ2n) is 5.20. The van der Waals surface area contributed by atoms with Crippen LogP contribution in [-0.4, -0.2) is 16.9 Å². The second-order valence-corrected chi connectivity index (χ2v) is 6.25. The Kier molecular flexibility index (Phi) is 4.04. The SMILES string of the molecule is CC(C)CC(C)NC(=O)c1sc2cccnc2c1N. The van der Waals surface area contributed by atoms with Crippen LogP contribution in [0.5, 0.6) is 0 Å². The number of hydrogen-bond acceptors (Lipinski definition) is 4. The van der Waals surface area contributed by atoms with Crippen LogP contribution in [0.2, 0.25) is 0 Å². The van der Waals surface area contributed by atoms with E-state index in [1.54, 1.807) is 6.20 Å². The van der Waals surface area contributed by atoms with Crippen LogP contribution in [-0.2, 0) is 0 Å². The maximum absolute atomic E-state index is 12.2. The molecule has 0 aliphatic rings. The van der Waals surface area contributed by atoms with Gasteiger partial charge < -0.3 is 11.1 Å². The topological polar surface area (TPSA) is 68.0 Å². The molecule has 0 spiro atoms. The van der Waals surface area contributed by atoms with Crippen molar-refractivity contribution >= 4 is 33.1 Å². The van der Waals surface area contributed by atoms with Gasteiger partial charge in [0.15, 0.2) is 0 Å². The molecule has 0 aromatic carbocycles. The van der Waals surface area contributed by atoms with Gasteiger partial charge in [-0.15, -0.1) is 11.3 Å². The van der Waals surface area contributed by atoms with E-state index in [0.717, 1.165) is 11.1 Å². The molecular weight excluding hydrogens is 258 g/mol. The van der Waals surface area contributed by atoms with E-state index in [2.05, 4.69) is 24.1 Å². The summed E-state index contributed by atoms with van der Waals surface area (Å²) in [6, 6.07) is 3.92. The lowest BCUT2D eigenvalue weighted by atomic mass is 10.1. The number of anilines is 1. The van der Waals surface area contributed by atoms with Crippen molar-refractivity contribution in [2.45, 2.75) is 33.2 Å². The van der Waals surface area contributed by atoms with E-state index < -0.39 is 0 Å². The van der Waals surface area contributed by atoms with Gasteiger partial charge in [-0.2, -0.15) is 0 Å². The third-order valence-electron chi connectivity index (χ3n) is 2.89. The van der Waals surface area contributed by atoms with Gasteiger partial charge in [0.2, 0.25) is 0 Å². The molecule has 0 fully saturated rings. The van der Waals surface area contributed by atoms with Crippen molar-refractivity contribution in [3.63, 3.8) is 0 Å². The lowest BCUT2D eigenvalue weighted by Gasteiger charge is -2.15. The Morgan fingerprint density at radius 3 is 2.84 bits per heavy atom. The van der Waals surface area contributed by atoms with Crippen LogP contribution < -0.4 is 11.1 Å². The number of nitrogens with two attached hydrogens (primary N) is 1. The fourth-order valence-corrected chi connectivity index (χ4v) is 3.16. The summed E-state index contributed by atoms with van der Waals surface area (Å²) in [6.45, 7) is 6.29. The number of nitrogens with zero attached hydrogens (tertiary/aromatic N) is 1. The molecule has 2 heterocycles. The van der Waals surface area contributed by atoms with Crippen molar-refractivity contribution in [3.05, 3.63) is 23.2 Å². The fraction of sp³-hybridized carbons (Fsp3) is 0.429. The summed E-state index contributed by atoms with van der Waals surface area (Å²) < 4.78 is 0.946. The molecule has 4 nitrogen and oxygen atoms in total. The highest BCUT2D eigenvalue weighted by molar-refractivity contribution is 7.21. The van der Waals surface area contributed by atoms with E-state index in [9.17, 15) is 4.79 Å². The molecule has 0 radical (unpaired) electrons. The molecule has 102 valence electrons. The number of hydrogen-bond donors (Lipinski definition) is 2. The number of nitrogens with one attached hydrogen (secondary N) is 1. The van der Waals surface area contributed by atoms with E-state index in [0.29, 0.717) is 22.0 Å². The zero-order valence-electron chi connectivity index (χ0n) is 11.4. The molecule has 0 saturated heterocycles. The van der Waals surface area contributed by atoms with Crippen LogP contribution in [0.15, 0.2) is 18.3 Å². The van der Waals surface area contributed by atoms with Crippen molar-refractivity contribution in [3.8, 4) is 0 Å². The van der Waals surface area contributed by atoms with Crippen LogP contribution in [0.4, 0.5) is 5.69 Å². The van der Waals surface area contributed by atoms with Gasteiger partial charge in [0.25, 0.3) is 5.91 Å². The first-order chi connectivity index (χ1) is 8.99. The molecular formula is C14H19N3OS. The minimum atomic E-state index is -0.103. The monoisotopic (exact) mass is 277 g/mol. The number of rotatable bonds is 4. The first-order valence-electron chi connectivity index (χ1n) is 6.43. The number of amides is 1. The Labute approximate surface area is 117 Å². The van der Waals surface area contributed by atoms with E-state index in [1.807, 2.05) is 19.1 Å². The molecule has 19 heavy (non-hydrogen) atoms. The molecule has 1 unspecified atom stereocenters. The van der Waals surface area contributed by atoms with Gasteiger partial charge in [-0.1, -0.05) is 13.8 Å². The predicted octanol–water partition coefficient (Wildman–Crippen LogP) is 3.04. The maximum atomic E-state index is 12.2. The van der Waals surface area contributed by atoms with Gasteiger partial charge >= 0.3 is 0 Å². The average molecular weight is 277 g/mol. The maximum Gasteiger partial charge on any atom is 0.263 e. The molecule has 2 aromatic heterocycles. The van der Waals surface area contributed by atoms with Gasteiger partial charge in [0, 0.05) is 12.2 Å². The lowest BCUT2D eigenvalue weighted by Crippen LogP contribution is -2.33. The molecule has 5 heteroatoms. The number of aromatic nitrogens is 1. The van der Waals surface area contributed by atoms with Gasteiger partial charge in [0.1, 0.15) is 10.4 Å². The van der Waals surface area contributed by atoms with E-state index in [4.69, 9.17) is 5.73 Å². The highest BCUT2D eigenvalue weighted by atomic mass is 32.1. The first-order valence-corrected chi connectivity index (χ1v) is 7.24. The predicted molar refractivity (Wildman–Crippen MR) is 80.4 cm³/mol. The lowest BCUT2D eigenvalue weighted by molar-refractivity contribution is 0.0941. The highest BCUT2D eigenvalue weighted by Gasteiger charge is 2.18. The minimum Gasteiger partial charge on any atom is -0.396 e. The summed E-state index contributed by atoms with van der Waals surface area (Å²) in [4.78, 5) is 17.0. The van der Waals surface area contributed by atoms with E-state index in [1.165, 1.54) is 11.3 Å². The van der Waals surface area contributed by atoms with E-state index in [-0.39, 0.29) is 11.9 Å². The first kappa shape index (κ1) is 13.8. The van der Waals surface area contributed by atoms with Gasteiger partial charge in [-0.05, 0) is 31.4 Å². The van der Waals surface area contributed by atoms with Crippen molar-refractivity contribution in [1.82, 2.24) is 10.3 Å². The third-order valence-corrected chi connectivity index (χ3v) is 4.05. The second kappa shape index (κ2) is 5.57. The summed E-state index contributed by atoms with van der Waals surface area (Å²) in [5, 5.41) is 2.99. The van der Waals surface area contributed by atoms with Crippen LogP contribution in [0.1, 0.15) is 36.9 Å². The molecule has 1 atom stereocenters. The summed E-state index contributed by atoms with van der Waals surface area (Å²) in [6.07, 6.45) is 2.64. The Bertz CT molecular complexity index is 591. The Morgan fingerprint density at radius 1 is 1.47 bits per heavy atom. The quantitative estimate of drug-likeness (QED) is 0.902. The fourth-order valence-electron chi connectivity index (χ4n) is 2.17. The Balaban J connectivity index is 2.20. The summed E-state index contributed by atoms with van der Waals surface area (Å²) in [5.74, 6) is 0.449. The van der Waals surface area contributed by atoms with Crippen molar-refractivity contribution < 1.29 is 4.79 Å². The molecule has 3 N–H and O–H groups in total. The average Bonchev–Trinajstić information content (AvgIpc) is 2.66. The molecule has 2 rings (SSSR count). The van der Waals surface area contributed by atoms with Crippen molar-refractivity contribution in [2.75, 3.05) is 5.73 Å². The summed E-state index contributed by atoms with van der Waals surface area (Å²) in [5.41, 5.74) is 7.20. The van der Waals surface area contributed by atoms with Crippen molar-refractivity contribution in [2.24, 2.45) is 5.92 Å². The smallest absolute Gasteiger partial charge is 0.263 e. The van der Waals surface area contributed by atoms with Crippen molar-refractivity contribution in [1.29, 1.82) is 0 Å². The minimum absolute atomic E-state index is 0.103. The normalized spacial score (nSPS) is 12.8. The largest absolute Gasteiger partial charge is 0.396 e. The zero-order chi connectivity index (χ0) is 14.0. The molecule has 0 saturated carbocycles. The third kappa shape index (κ3) is 3.04. The number of thiophene rings is 1. The molecule has 0 bridgehead atoms. The van der Waals surface area contributed by atoms with Crippen LogP contribution >= 0.6 is 11.3 Å². The number of carbonyl (C=O) groups excluding carboxylic acids is 1. The molecule has 0 aliphatic heterocycles. The van der Waals surface area contributed by atoms with Crippen LogP contribution in [0, 0.1) is 5.92 Å². The number of fused-ring (bicyclic) bond motifs is 1. The van der Waals surface area contributed by atoms with Gasteiger partial charge in [-0.25, -0.2) is 0 Å². The standard InChI is InChI=1S/C14H19N3OS/c1-8(2)7-9(3)17-14(18)13-11(15)12-10(19-13)5-4-6-16-12/h4-6,8-9H,7,15H2,1-3H3,(H,17,18). The Hall–Kier alpha value is -1.62. The summed E-state index contributed by atoms with van der Waals surface area (Å²) in [7, 11) is 0. The van der Waals surface area contributed by atoms with Crippen LogP contribution in [0.3, 0.4) is 0 Å². The van der Waals surface area contributed by atoms with Crippen LogP contribution in [0.25, 0.3) is 10.2 Å². The summed E-state index contributed by atoms with van der Waals surface area (Å²) >= 11 is 1.39. The number of nitrogen functional groups attached to an aromatic ring is 1. The molecule has 1 amide bonds. The molecule has 2 aromatic rings. The Morgan fingerprint density at radius 2 is 2.21 bits per heavy atom. The molecule has 0 aliphatic carbocycles. The number of pyridine rings is 1. The zero-order valence-corrected chi connectivity index (χ0v) is 12.3.